The lowest BCUT2D eigenvalue weighted by Gasteiger charge is -2.26. The Kier molecular flexibility index (Phi) is 11.8. The van der Waals surface area contributed by atoms with E-state index in [2.05, 4.69) is 28.6 Å². The van der Waals surface area contributed by atoms with Gasteiger partial charge in [-0.05, 0) is 30.5 Å². The average Bonchev–Trinajstić information content (AvgIpc) is 2.79. The molecule has 1 aromatic rings. The zero-order valence-electron chi connectivity index (χ0n) is 19.4. The molecular formula is C22H34N4O7S. The minimum absolute atomic E-state index is 0.0329. The summed E-state index contributed by atoms with van der Waals surface area (Å²) in [5.41, 5.74) is 6.61. The number of rotatable bonds is 13. The van der Waals surface area contributed by atoms with Gasteiger partial charge in [0.25, 0.3) is 0 Å². The number of phenols is 1. The van der Waals surface area contributed by atoms with Crippen molar-refractivity contribution in [1.82, 2.24) is 16.0 Å². The van der Waals surface area contributed by atoms with Gasteiger partial charge in [0, 0.05) is 12.2 Å². The summed E-state index contributed by atoms with van der Waals surface area (Å²) in [6.45, 7) is 4.89. The first-order valence-electron chi connectivity index (χ1n) is 10.9. The fourth-order valence-corrected chi connectivity index (χ4v) is 3.22. The number of hydrogen-bond acceptors (Lipinski definition) is 8. The van der Waals surface area contributed by atoms with Crippen molar-refractivity contribution in [2.24, 2.45) is 11.7 Å². The van der Waals surface area contributed by atoms with Crippen LogP contribution in [0.4, 0.5) is 0 Å². The lowest BCUT2D eigenvalue weighted by molar-refractivity contribution is -0.145. The minimum Gasteiger partial charge on any atom is -0.508 e. The Labute approximate surface area is 203 Å². The van der Waals surface area contributed by atoms with E-state index < -0.39 is 54.0 Å². The molecule has 0 spiro atoms. The standard InChI is InChI=1S/C22H34N4O7S/c1-4-11(2)17(23)21(31)24-15(9-13-5-7-14(28)8-6-13)19(29)25-16(10-34)20(30)26-18(12(3)27)22(32)33/h5-8,11-12,15-18,27-28,34H,4,9-10,23H2,1-3H3,(H,24,31)(H,25,29)(H,26,30)(H,32,33). The van der Waals surface area contributed by atoms with E-state index in [1.54, 1.807) is 12.1 Å². The zero-order chi connectivity index (χ0) is 26.0. The number of phenolic OH excluding ortho intramolecular Hbond substituents is 1. The maximum absolute atomic E-state index is 13.0. The summed E-state index contributed by atoms with van der Waals surface area (Å²) < 4.78 is 0. The SMILES string of the molecule is CCC(C)C(N)C(=O)NC(Cc1ccc(O)cc1)C(=O)NC(CS)C(=O)NC(C(=O)O)C(C)O. The third-order valence-corrected chi connectivity index (χ3v) is 5.80. The highest BCUT2D eigenvalue weighted by atomic mass is 32.1. The van der Waals surface area contributed by atoms with Crippen LogP contribution in [0.1, 0.15) is 32.8 Å². The van der Waals surface area contributed by atoms with Gasteiger partial charge in [0.2, 0.25) is 17.7 Å². The van der Waals surface area contributed by atoms with E-state index in [9.17, 15) is 29.4 Å². The maximum Gasteiger partial charge on any atom is 0.328 e. The Balaban J connectivity index is 3.05. The monoisotopic (exact) mass is 498 g/mol. The summed E-state index contributed by atoms with van der Waals surface area (Å²) in [4.78, 5) is 49.5. The van der Waals surface area contributed by atoms with Gasteiger partial charge in [-0.3, -0.25) is 14.4 Å². The second-order valence-electron chi connectivity index (χ2n) is 8.15. The number of carboxylic acids is 1. The van der Waals surface area contributed by atoms with Gasteiger partial charge >= 0.3 is 5.97 Å². The Bertz CT molecular complexity index is 850. The van der Waals surface area contributed by atoms with Crippen molar-refractivity contribution in [1.29, 1.82) is 0 Å². The van der Waals surface area contributed by atoms with Crippen molar-refractivity contribution in [2.75, 3.05) is 5.75 Å². The molecule has 11 nitrogen and oxygen atoms in total. The summed E-state index contributed by atoms with van der Waals surface area (Å²) in [6.07, 6.45) is -0.683. The molecule has 12 heteroatoms. The molecule has 8 N–H and O–H groups in total. The average molecular weight is 499 g/mol. The number of thiol groups is 1. The number of benzene rings is 1. The molecule has 6 atom stereocenters. The van der Waals surface area contributed by atoms with Gasteiger partial charge in [0.1, 0.15) is 17.8 Å². The molecule has 0 heterocycles. The summed E-state index contributed by atoms with van der Waals surface area (Å²) in [5, 5.41) is 35.5. The van der Waals surface area contributed by atoms with Gasteiger partial charge in [-0.1, -0.05) is 32.4 Å². The smallest absolute Gasteiger partial charge is 0.328 e. The third kappa shape index (κ3) is 8.84. The van der Waals surface area contributed by atoms with Gasteiger partial charge in [0.15, 0.2) is 6.04 Å². The fraction of sp³-hybridized carbons (Fsp3) is 0.545. The van der Waals surface area contributed by atoms with Gasteiger partial charge in [0.05, 0.1) is 12.1 Å². The van der Waals surface area contributed by atoms with Crippen LogP contribution in [0.2, 0.25) is 0 Å². The van der Waals surface area contributed by atoms with E-state index in [4.69, 9.17) is 10.8 Å². The second-order valence-corrected chi connectivity index (χ2v) is 8.52. The van der Waals surface area contributed by atoms with E-state index in [1.807, 2.05) is 13.8 Å². The molecule has 0 aliphatic heterocycles. The maximum atomic E-state index is 13.0. The van der Waals surface area contributed by atoms with Crippen molar-refractivity contribution in [3.05, 3.63) is 29.8 Å². The number of nitrogens with two attached hydrogens (primary N) is 1. The molecule has 0 radical (unpaired) electrons. The number of aliphatic hydroxyl groups is 1. The van der Waals surface area contributed by atoms with Crippen molar-refractivity contribution < 1.29 is 34.5 Å². The minimum atomic E-state index is -1.58. The van der Waals surface area contributed by atoms with E-state index in [0.717, 1.165) is 0 Å². The first-order valence-corrected chi connectivity index (χ1v) is 11.5. The lowest BCUT2D eigenvalue weighted by Crippen LogP contribution is -2.59. The van der Waals surface area contributed by atoms with Crippen LogP contribution in [0.3, 0.4) is 0 Å². The Morgan fingerprint density at radius 3 is 1.97 bits per heavy atom. The van der Waals surface area contributed by atoms with Crippen LogP contribution in [-0.4, -0.2) is 75.0 Å². The van der Waals surface area contributed by atoms with E-state index in [1.165, 1.54) is 19.1 Å². The molecule has 0 saturated heterocycles. The van der Waals surface area contributed by atoms with E-state index >= 15 is 0 Å². The summed E-state index contributed by atoms with van der Waals surface area (Å²) in [6, 6.07) is 1.25. The quantitative estimate of drug-likeness (QED) is 0.161. The predicted molar refractivity (Wildman–Crippen MR) is 128 cm³/mol. The molecule has 6 unspecified atom stereocenters. The highest BCUT2D eigenvalue weighted by Gasteiger charge is 2.32. The number of carboxylic acid groups (broad SMARTS) is 1. The summed E-state index contributed by atoms with van der Waals surface area (Å²) in [7, 11) is 0. The predicted octanol–water partition coefficient (Wildman–Crippen LogP) is -0.842. The highest BCUT2D eigenvalue weighted by molar-refractivity contribution is 7.80. The molecule has 1 aromatic carbocycles. The number of carbonyl (C=O) groups is 4. The Morgan fingerprint density at radius 2 is 1.50 bits per heavy atom. The Hall–Kier alpha value is -2.83. The molecule has 34 heavy (non-hydrogen) atoms. The number of hydrogen-bond donors (Lipinski definition) is 8. The largest absolute Gasteiger partial charge is 0.508 e. The van der Waals surface area contributed by atoms with Crippen LogP contribution in [0.25, 0.3) is 0 Å². The topological polar surface area (TPSA) is 191 Å². The molecule has 1 rings (SSSR count). The van der Waals surface area contributed by atoms with Crippen molar-refractivity contribution >= 4 is 36.3 Å². The first-order chi connectivity index (χ1) is 15.9. The summed E-state index contributed by atoms with van der Waals surface area (Å²) >= 11 is 4.06. The molecule has 0 aliphatic rings. The first kappa shape index (κ1) is 29.2. The third-order valence-electron chi connectivity index (χ3n) is 5.43. The molecule has 3 amide bonds. The molecular weight excluding hydrogens is 464 g/mol. The Morgan fingerprint density at radius 1 is 0.971 bits per heavy atom. The van der Waals surface area contributed by atoms with Gasteiger partial charge < -0.3 is 37.0 Å². The highest BCUT2D eigenvalue weighted by Crippen LogP contribution is 2.12. The fourth-order valence-electron chi connectivity index (χ4n) is 2.97. The molecule has 190 valence electrons. The van der Waals surface area contributed by atoms with Crippen LogP contribution in [0.15, 0.2) is 24.3 Å². The second kappa shape index (κ2) is 13.8. The molecule has 0 saturated carbocycles. The normalized spacial score (nSPS) is 16.3. The van der Waals surface area contributed by atoms with Crippen LogP contribution < -0.4 is 21.7 Å². The molecule has 0 aromatic heterocycles. The molecule has 0 aliphatic carbocycles. The van der Waals surface area contributed by atoms with Gasteiger partial charge in [-0.25, -0.2) is 4.79 Å². The van der Waals surface area contributed by atoms with Crippen molar-refractivity contribution in [3.8, 4) is 5.75 Å². The number of carbonyl (C=O) groups excluding carboxylic acids is 3. The number of amides is 3. The number of aromatic hydroxyl groups is 1. The lowest BCUT2D eigenvalue weighted by atomic mass is 9.98. The number of nitrogens with one attached hydrogen (secondary N) is 3. The van der Waals surface area contributed by atoms with Crippen LogP contribution in [0.5, 0.6) is 5.75 Å². The van der Waals surface area contributed by atoms with Gasteiger partial charge in [-0.15, -0.1) is 0 Å². The van der Waals surface area contributed by atoms with Crippen LogP contribution >= 0.6 is 12.6 Å². The van der Waals surface area contributed by atoms with Crippen LogP contribution in [0, 0.1) is 5.92 Å². The molecule has 0 fully saturated rings. The van der Waals surface area contributed by atoms with Crippen LogP contribution in [-0.2, 0) is 25.6 Å². The molecule has 0 bridgehead atoms. The number of aliphatic carboxylic acids is 1. The summed E-state index contributed by atoms with van der Waals surface area (Å²) in [5.74, 6) is -3.83. The zero-order valence-corrected chi connectivity index (χ0v) is 20.3. The van der Waals surface area contributed by atoms with E-state index in [-0.39, 0.29) is 23.8 Å². The van der Waals surface area contributed by atoms with Gasteiger partial charge in [-0.2, -0.15) is 12.6 Å². The van der Waals surface area contributed by atoms with Crippen molar-refractivity contribution in [2.45, 2.75) is 63.9 Å². The van der Waals surface area contributed by atoms with Crippen molar-refractivity contribution in [3.63, 3.8) is 0 Å². The van der Waals surface area contributed by atoms with E-state index in [0.29, 0.717) is 12.0 Å². The number of aliphatic hydroxyl groups excluding tert-OH is 1.